The number of nitrogens with one attached hydrogen (secondary N) is 1. The van der Waals surface area contributed by atoms with Crippen LogP contribution in [0.5, 0.6) is 0 Å². The lowest BCUT2D eigenvalue weighted by Gasteiger charge is -2.20. The third-order valence-corrected chi connectivity index (χ3v) is 4.22. The first-order chi connectivity index (χ1) is 9.15. The summed E-state index contributed by atoms with van der Waals surface area (Å²) in [6, 6.07) is 0.659. The highest BCUT2D eigenvalue weighted by molar-refractivity contribution is 4.79. The maximum Gasteiger partial charge on any atom is 0.0897 e. The zero-order valence-corrected chi connectivity index (χ0v) is 12.5. The van der Waals surface area contributed by atoms with Crippen LogP contribution < -0.4 is 5.32 Å². The van der Waals surface area contributed by atoms with E-state index in [1.807, 2.05) is 0 Å². The van der Waals surface area contributed by atoms with E-state index in [2.05, 4.69) is 24.1 Å². The molecule has 1 aliphatic carbocycles. The summed E-state index contributed by atoms with van der Waals surface area (Å²) in [5, 5.41) is 13.2. The van der Waals surface area contributed by atoms with Gasteiger partial charge in [0.25, 0.3) is 0 Å². The van der Waals surface area contributed by atoms with E-state index in [-0.39, 0.29) is 6.10 Å². The molecule has 19 heavy (non-hydrogen) atoms. The standard InChI is InChI=1S/C15H30N2O2/c1-12(2)17-6-5-14(9-17)7-16-8-15(18)11-19-10-13-3-4-13/h12-16,18H,3-11H2,1-2H3. The van der Waals surface area contributed by atoms with Crippen LogP contribution in [-0.2, 0) is 4.74 Å². The van der Waals surface area contributed by atoms with E-state index in [1.54, 1.807) is 0 Å². The van der Waals surface area contributed by atoms with E-state index in [0.717, 1.165) is 25.0 Å². The molecule has 0 aromatic carbocycles. The third kappa shape index (κ3) is 5.78. The second kappa shape index (κ2) is 7.58. The van der Waals surface area contributed by atoms with Crippen LogP contribution in [0.4, 0.5) is 0 Å². The second-order valence-electron chi connectivity index (χ2n) is 6.54. The SMILES string of the molecule is CC(C)N1CCC(CNCC(O)COCC2CC2)C1. The van der Waals surface area contributed by atoms with Crippen molar-refractivity contribution in [1.29, 1.82) is 0 Å². The molecular formula is C15H30N2O2. The molecule has 2 aliphatic rings. The van der Waals surface area contributed by atoms with Gasteiger partial charge in [-0.15, -0.1) is 0 Å². The van der Waals surface area contributed by atoms with E-state index < -0.39 is 0 Å². The Kier molecular flexibility index (Phi) is 6.07. The Morgan fingerprint density at radius 2 is 2.05 bits per heavy atom. The molecule has 2 rings (SSSR count). The van der Waals surface area contributed by atoms with Gasteiger partial charge in [-0.3, -0.25) is 0 Å². The molecule has 2 N–H and O–H groups in total. The van der Waals surface area contributed by atoms with E-state index in [1.165, 1.54) is 32.4 Å². The maximum absolute atomic E-state index is 9.80. The van der Waals surface area contributed by atoms with Crippen molar-refractivity contribution in [3.8, 4) is 0 Å². The predicted molar refractivity (Wildman–Crippen MR) is 77.2 cm³/mol. The van der Waals surface area contributed by atoms with Gasteiger partial charge in [-0.1, -0.05) is 0 Å². The van der Waals surface area contributed by atoms with Crippen molar-refractivity contribution in [3.05, 3.63) is 0 Å². The molecule has 1 saturated carbocycles. The van der Waals surface area contributed by atoms with Gasteiger partial charge in [-0.2, -0.15) is 0 Å². The highest BCUT2D eigenvalue weighted by Gasteiger charge is 2.24. The predicted octanol–water partition coefficient (Wildman–Crippen LogP) is 1.09. The lowest BCUT2D eigenvalue weighted by atomic mass is 10.1. The smallest absolute Gasteiger partial charge is 0.0897 e. The van der Waals surface area contributed by atoms with Crippen molar-refractivity contribution < 1.29 is 9.84 Å². The topological polar surface area (TPSA) is 44.7 Å². The zero-order valence-electron chi connectivity index (χ0n) is 12.5. The quantitative estimate of drug-likeness (QED) is 0.658. The maximum atomic E-state index is 9.80. The molecule has 1 heterocycles. The summed E-state index contributed by atoms with van der Waals surface area (Å²) >= 11 is 0. The molecule has 0 spiro atoms. The average Bonchev–Trinajstić information content (AvgIpc) is 3.05. The molecular weight excluding hydrogens is 240 g/mol. The van der Waals surface area contributed by atoms with Crippen LogP contribution in [0.25, 0.3) is 0 Å². The van der Waals surface area contributed by atoms with Crippen LogP contribution in [0.3, 0.4) is 0 Å². The molecule has 0 aromatic heterocycles. The number of ether oxygens (including phenoxy) is 1. The summed E-state index contributed by atoms with van der Waals surface area (Å²) in [6.45, 7) is 9.92. The number of rotatable bonds is 9. The average molecular weight is 270 g/mol. The van der Waals surface area contributed by atoms with Gasteiger partial charge in [0.05, 0.1) is 12.7 Å². The van der Waals surface area contributed by atoms with Crippen LogP contribution in [0, 0.1) is 11.8 Å². The minimum atomic E-state index is -0.360. The molecule has 4 heteroatoms. The molecule has 2 unspecified atom stereocenters. The minimum Gasteiger partial charge on any atom is -0.389 e. The summed E-state index contributed by atoms with van der Waals surface area (Å²) in [5.74, 6) is 1.52. The Bertz CT molecular complexity index is 257. The molecule has 2 atom stereocenters. The van der Waals surface area contributed by atoms with Crippen molar-refractivity contribution in [1.82, 2.24) is 10.2 Å². The normalized spacial score (nSPS) is 26.2. The van der Waals surface area contributed by atoms with Crippen LogP contribution in [-0.4, -0.2) is 61.5 Å². The van der Waals surface area contributed by atoms with Crippen LogP contribution >= 0.6 is 0 Å². The van der Waals surface area contributed by atoms with Crippen molar-refractivity contribution in [3.63, 3.8) is 0 Å². The van der Waals surface area contributed by atoms with Crippen molar-refractivity contribution in [2.24, 2.45) is 11.8 Å². The summed E-state index contributed by atoms with van der Waals surface area (Å²) in [5.41, 5.74) is 0. The molecule has 112 valence electrons. The van der Waals surface area contributed by atoms with E-state index >= 15 is 0 Å². The Morgan fingerprint density at radius 3 is 2.68 bits per heavy atom. The van der Waals surface area contributed by atoms with Crippen molar-refractivity contribution in [2.45, 2.75) is 45.3 Å². The molecule has 0 radical (unpaired) electrons. The molecule has 4 nitrogen and oxygen atoms in total. The van der Waals surface area contributed by atoms with E-state index in [0.29, 0.717) is 19.2 Å². The van der Waals surface area contributed by atoms with Crippen LogP contribution in [0.2, 0.25) is 0 Å². The third-order valence-electron chi connectivity index (χ3n) is 4.22. The molecule has 1 saturated heterocycles. The first-order valence-electron chi connectivity index (χ1n) is 7.85. The lowest BCUT2D eigenvalue weighted by molar-refractivity contribution is 0.0322. The zero-order chi connectivity index (χ0) is 13.7. The number of aliphatic hydroxyl groups excluding tert-OH is 1. The Labute approximate surface area is 117 Å². The van der Waals surface area contributed by atoms with Gasteiger partial charge in [-0.05, 0) is 58.0 Å². The monoisotopic (exact) mass is 270 g/mol. The second-order valence-corrected chi connectivity index (χ2v) is 6.54. The van der Waals surface area contributed by atoms with Gasteiger partial charge >= 0.3 is 0 Å². The highest BCUT2D eigenvalue weighted by Crippen LogP contribution is 2.28. The summed E-state index contributed by atoms with van der Waals surface area (Å²) in [4.78, 5) is 2.53. The number of hydrogen-bond donors (Lipinski definition) is 2. The van der Waals surface area contributed by atoms with Gasteiger partial charge in [0.15, 0.2) is 0 Å². The Balaban J connectivity index is 1.46. The van der Waals surface area contributed by atoms with Crippen molar-refractivity contribution in [2.75, 3.05) is 39.4 Å². The van der Waals surface area contributed by atoms with Gasteiger partial charge in [0, 0.05) is 25.7 Å². The molecule has 2 fully saturated rings. The van der Waals surface area contributed by atoms with Crippen LogP contribution in [0.15, 0.2) is 0 Å². The minimum absolute atomic E-state index is 0.360. The fourth-order valence-corrected chi connectivity index (χ4v) is 2.67. The van der Waals surface area contributed by atoms with Gasteiger partial charge < -0.3 is 20.1 Å². The van der Waals surface area contributed by atoms with Gasteiger partial charge in [0.2, 0.25) is 0 Å². The lowest BCUT2D eigenvalue weighted by Crippen LogP contribution is -2.35. The Morgan fingerprint density at radius 1 is 1.26 bits per heavy atom. The summed E-state index contributed by atoms with van der Waals surface area (Å²) in [6.07, 6.45) is 3.53. The number of nitrogens with zero attached hydrogens (tertiary/aromatic N) is 1. The summed E-state index contributed by atoms with van der Waals surface area (Å²) in [7, 11) is 0. The fraction of sp³-hybridized carbons (Fsp3) is 1.00. The van der Waals surface area contributed by atoms with Gasteiger partial charge in [-0.25, -0.2) is 0 Å². The fourth-order valence-electron chi connectivity index (χ4n) is 2.67. The van der Waals surface area contributed by atoms with E-state index in [9.17, 15) is 5.11 Å². The molecule has 0 amide bonds. The Hall–Kier alpha value is -0.160. The number of likely N-dealkylation sites (tertiary alicyclic amines) is 1. The van der Waals surface area contributed by atoms with Crippen molar-refractivity contribution >= 4 is 0 Å². The first-order valence-corrected chi connectivity index (χ1v) is 7.85. The van der Waals surface area contributed by atoms with E-state index in [4.69, 9.17) is 4.74 Å². The van der Waals surface area contributed by atoms with Gasteiger partial charge in [0.1, 0.15) is 0 Å². The largest absolute Gasteiger partial charge is 0.389 e. The highest BCUT2D eigenvalue weighted by atomic mass is 16.5. The molecule has 0 bridgehead atoms. The number of hydrogen-bond acceptors (Lipinski definition) is 4. The first kappa shape index (κ1) is 15.2. The molecule has 0 aromatic rings. The summed E-state index contributed by atoms with van der Waals surface area (Å²) < 4.78 is 5.49. The van der Waals surface area contributed by atoms with Crippen LogP contribution in [0.1, 0.15) is 33.1 Å². The molecule has 1 aliphatic heterocycles. The number of aliphatic hydroxyl groups is 1.